The largest absolute Gasteiger partial charge is 0.376 e. The third-order valence-corrected chi connectivity index (χ3v) is 3.86. The van der Waals surface area contributed by atoms with Gasteiger partial charge in [0, 0.05) is 23.5 Å². The van der Waals surface area contributed by atoms with Crippen LogP contribution >= 0.6 is 11.3 Å². The molecule has 0 spiro atoms. The van der Waals surface area contributed by atoms with Gasteiger partial charge in [-0.1, -0.05) is 12.1 Å². The van der Waals surface area contributed by atoms with Crippen LogP contribution in [0.25, 0.3) is 5.69 Å². The molecule has 96 valence electrons. The maximum absolute atomic E-state index is 4.28. The van der Waals surface area contributed by atoms with Crippen LogP contribution in [0.1, 0.15) is 17.8 Å². The van der Waals surface area contributed by atoms with E-state index in [0.29, 0.717) is 0 Å². The molecule has 19 heavy (non-hydrogen) atoms. The van der Waals surface area contributed by atoms with Gasteiger partial charge in [-0.25, -0.2) is 4.68 Å². The Kier molecular flexibility index (Phi) is 3.29. The molecule has 0 fully saturated rings. The number of aromatic nitrogens is 3. The van der Waals surface area contributed by atoms with Crippen LogP contribution in [0.3, 0.4) is 0 Å². The van der Waals surface area contributed by atoms with Crippen molar-refractivity contribution in [3.8, 4) is 5.69 Å². The lowest BCUT2D eigenvalue weighted by atomic mass is 10.2. The Balaban J connectivity index is 1.89. The van der Waals surface area contributed by atoms with Crippen molar-refractivity contribution in [2.75, 3.05) is 5.32 Å². The summed E-state index contributed by atoms with van der Waals surface area (Å²) in [7, 11) is 0. The van der Waals surface area contributed by atoms with E-state index >= 15 is 0 Å². The maximum atomic E-state index is 4.28. The first-order valence-corrected chi connectivity index (χ1v) is 6.96. The van der Waals surface area contributed by atoms with E-state index in [4.69, 9.17) is 0 Å². The normalized spacial score (nSPS) is 12.3. The van der Waals surface area contributed by atoms with Crippen LogP contribution < -0.4 is 5.32 Å². The fourth-order valence-electron chi connectivity index (χ4n) is 1.95. The second-order valence-electron chi connectivity index (χ2n) is 4.24. The molecule has 1 N–H and O–H groups in total. The van der Waals surface area contributed by atoms with Crippen molar-refractivity contribution in [2.45, 2.75) is 13.0 Å². The first-order valence-electron chi connectivity index (χ1n) is 6.08. The Bertz CT molecular complexity index is 631. The van der Waals surface area contributed by atoms with Gasteiger partial charge < -0.3 is 5.32 Å². The summed E-state index contributed by atoms with van der Waals surface area (Å²) in [4.78, 5) is 5.34. The minimum atomic E-state index is 0.226. The van der Waals surface area contributed by atoms with Crippen LogP contribution in [0.5, 0.6) is 0 Å². The van der Waals surface area contributed by atoms with E-state index in [2.05, 4.69) is 34.5 Å². The predicted octanol–water partition coefficient (Wildman–Crippen LogP) is 3.50. The predicted molar refractivity (Wildman–Crippen MR) is 77.7 cm³/mol. The Morgan fingerprint density at radius 3 is 2.89 bits per heavy atom. The topological polar surface area (TPSA) is 42.7 Å². The zero-order valence-corrected chi connectivity index (χ0v) is 11.3. The third-order valence-electron chi connectivity index (χ3n) is 2.91. The lowest BCUT2D eigenvalue weighted by Crippen LogP contribution is -2.08. The van der Waals surface area contributed by atoms with Gasteiger partial charge in [-0.05, 0) is 25.1 Å². The fourth-order valence-corrected chi connectivity index (χ4v) is 2.58. The van der Waals surface area contributed by atoms with E-state index in [0.717, 1.165) is 11.4 Å². The number of nitrogens with one attached hydrogen (secondary N) is 1. The van der Waals surface area contributed by atoms with Crippen molar-refractivity contribution in [3.63, 3.8) is 0 Å². The summed E-state index contributed by atoms with van der Waals surface area (Å²) in [5.41, 5.74) is 3.96. The van der Waals surface area contributed by atoms with Crippen molar-refractivity contribution < 1.29 is 0 Å². The van der Waals surface area contributed by atoms with E-state index < -0.39 is 0 Å². The molecule has 0 aliphatic carbocycles. The average molecular weight is 270 g/mol. The molecular formula is C14H14N4S. The molecule has 1 atom stereocenters. The SMILES string of the molecule is CC(Nc1ccccc1-n1cccn1)c1cncs1. The van der Waals surface area contributed by atoms with Gasteiger partial charge in [-0.2, -0.15) is 5.10 Å². The summed E-state index contributed by atoms with van der Waals surface area (Å²) in [6.07, 6.45) is 5.63. The number of para-hydroxylation sites is 2. The molecule has 5 heteroatoms. The number of nitrogens with zero attached hydrogens (tertiary/aromatic N) is 3. The molecular weight excluding hydrogens is 256 g/mol. The smallest absolute Gasteiger partial charge is 0.0877 e. The van der Waals surface area contributed by atoms with Gasteiger partial charge in [0.15, 0.2) is 0 Å². The number of benzene rings is 1. The summed E-state index contributed by atoms with van der Waals surface area (Å²) in [5.74, 6) is 0. The van der Waals surface area contributed by atoms with E-state index in [9.17, 15) is 0 Å². The van der Waals surface area contributed by atoms with Crippen LogP contribution in [-0.2, 0) is 0 Å². The van der Waals surface area contributed by atoms with Gasteiger partial charge in [0.1, 0.15) is 0 Å². The minimum absolute atomic E-state index is 0.226. The standard InChI is InChI=1S/C14H14N4S/c1-11(14-9-15-10-19-14)17-12-5-2-3-6-13(12)18-8-4-7-16-18/h2-11,17H,1H3. The van der Waals surface area contributed by atoms with Crippen molar-refractivity contribution >= 4 is 17.0 Å². The van der Waals surface area contributed by atoms with E-state index in [-0.39, 0.29) is 6.04 Å². The lowest BCUT2D eigenvalue weighted by Gasteiger charge is -2.16. The van der Waals surface area contributed by atoms with Crippen LogP contribution in [0, 0.1) is 0 Å². The van der Waals surface area contributed by atoms with Crippen LogP contribution in [-0.4, -0.2) is 14.8 Å². The lowest BCUT2D eigenvalue weighted by molar-refractivity contribution is 0.860. The molecule has 0 bridgehead atoms. The van der Waals surface area contributed by atoms with Gasteiger partial charge in [-0.15, -0.1) is 11.3 Å². The van der Waals surface area contributed by atoms with Crippen LogP contribution in [0.15, 0.2) is 54.4 Å². The molecule has 3 aromatic rings. The highest BCUT2D eigenvalue weighted by Crippen LogP contribution is 2.26. The van der Waals surface area contributed by atoms with E-state index in [1.807, 2.05) is 40.8 Å². The molecule has 0 saturated carbocycles. The van der Waals surface area contributed by atoms with Crippen molar-refractivity contribution in [1.29, 1.82) is 0 Å². The summed E-state index contributed by atoms with van der Waals surface area (Å²) in [5, 5.41) is 7.79. The van der Waals surface area contributed by atoms with Gasteiger partial charge in [0.05, 0.1) is 22.9 Å². The summed E-state index contributed by atoms with van der Waals surface area (Å²) in [6, 6.07) is 10.3. The minimum Gasteiger partial charge on any atom is -0.376 e. The van der Waals surface area contributed by atoms with Crippen molar-refractivity contribution in [2.24, 2.45) is 0 Å². The fraction of sp³-hybridized carbons (Fsp3) is 0.143. The number of anilines is 1. The number of hydrogen-bond donors (Lipinski definition) is 1. The van der Waals surface area contributed by atoms with Crippen LogP contribution in [0.2, 0.25) is 0 Å². The molecule has 0 aliphatic rings. The highest BCUT2D eigenvalue weighted by Gasteiger charge is 2.10. The molecule has 3 rings (SSSR count). The Morgan fingerprint density at radius 1 is 1.26 bits per heavy atom. The van der Waals surface area contributed by atoms with Gasteiger partial charge in [0.2, 0.25) is 0 Å². The number of thiazole rings is 1. The van der Waals surface area contributed by atoms with E-state index in [1.54, 1.807) is 17.5 Å². The zero-order valence-electron chi connectivity index (χ0n) is 10.5. The number of hydrogen-bond acceptors (Lipinski definition) is 4. The molecule has 0 amide bonds. The Hall–Kier alpha value is -2.14. The first kappa shape index (κ1) is 11.9. The third kappa shape index (κ3) is 2.51. The Morgan fingerprint density at radius 2 is 2.16 bits per heavy atom. The second-order valence-corrected chi connectivity index (χ2v) is 5.16. The van der Waals surface area contributed by atoms with Gasteiger partial charge >= 0.3 is 0 Å². The quantitative estimate of drug-likeness (QED) is 0.789. The van der Waals surface area contributed by atoms with Gasteiger partial charge in [-0.3, -0.25) is 4.98 Å². The highest BCUT2D eigenvalue weighted by atomic mass is 32.1. The average Bonchev–Trinajstić information content (AvgIpc) is 3.13. The monoisotopic (exact) mass is 270 g/mol. The van der Waals surface area contributed by atoms with Crippen LogP contribution in [0.4, 0.5) is 5.69 Å². The molecule has 1 aromatic carbocycles. The molecule has 0 aliphatic heterocycles. The maximum Gasteiger partial charge on any atom is 0.0877 e. The molecule has 0 radical (unpaired) electrons. The van der Waals surface area contributed by atoms with Crippen molar-refractivity contribution in [1.82, 2.24) is 14.8 Å². The molecule has 2 heterocycles. The number of rotatable bonds is 4. The summed E-state index contributed by atoms with van der Waals surface area (Å²) < 4.78 is 1.86. The highest BCUT2D eigenvalue weighted by molar-refractivity contribution is 7.09. The molecule has 1 unspecified atom stereocenters. The summed E-state index contributed by atoms with van der Waals surface area (Å²) >= 11 is 1.66. The van der Waals surface area contributed by atoms with Crippen molar-refractivity contribution in [3.05, 3.63) is 59.3 Å². The Labute approximate surface area is 115 Å². The molecule has 0 saturated heterocycles. The zero-order chi connectivity index (χ0) is 13.1. The van der Waals surface area contributed by atoms with Gasteiger partial charge in [0.25, 0.3) is 0 Å². The molecule has 4 nitrogen and oxygen atoms in total. The molecule has 2 aromatic heterocycles. The summed E-state index contributed by atoms with van der Waals surface area (Å²) in [6.45, 7) is 2.13. The van der Waals surface area contributed by atoms with E-state index in [1.165, 1.54) is 4.88 Å². The second kappa shape index (κ2) is 5.24. The first-order chi connectivity index (χ1) is 9.34.